The van der Waals surface area contributed by atoms with Crippen LogP contribution in [-0.4, -0.2) is 32.9 Å². The summed E-state index contributed by atoms with van der Waals surface area (Å²) >= 11 is 0. The van der Waals surface area contributed by atoms with Gasteiger partial charge in [0.05, 0.1) is 4.90 Å². The highest BCUT2D eigenvalue weighted by Crippen LogP contribution is 2.20. The van der Waals surface area contributed by atoms with Crippen LogP contribution in [0.5, 0.6) is 0 Å². The zero-order valence-corrected chi connectivity index (χ0v) is 13.0. The van der Waals surface area contributed by atoms with Crippen molar-refractivity contribution in [2.75, 3.05) is 20.1 Å². The van der Waals surface area contributed by atoms with Crippen LogP contribution in [0.3, 0.4) is 0 Å². The fraction of sp³-hybridized carbons (Fsp3) is 0.571. The Balaban J connectivity index is 3.06. The Morgan fingerprint density at radius 1 is 1.26 bits per heavy atom. The van der Waals surface area contributed by atoms with Gasteiger partial charge in [-0.2, -0.15) is 0 Å². The second kappa shape index (κ2) is 7.03. The van der Waals surface area contributed by atoms with Gasteiger partial charge in [0.2, 0.25) is 10.0 Å². The molecule has 0 unspecified atom stereocenters. The fourth-order valence-corrected chi connectivity index (χ4v) is 3.49. The van der Waals surface area contributed by atoms with E-state index in [4.69, 9.17) is 0 Å². The fourth-order valence-electron chi connectivity index (χ4n) is 1.94. The van der Waals surface area contributed by atoms with E-state index in [0.29, 0.717) is 23.9 Å². The van der Waals surface area contributed by atoms with Crippen LogP contribution in [0.4, 0.5) is 0 Å². The Bertz CT molecular complexity index is 498. The topological polar surface area (TPSA) is 49.4 Å². The molecule has 0 saturated carbocycles. The quantitative estimate of drug-likeness (QED) is 0.834. The lowest BCUT2D eigenvalue weighted by Crippen LogP contribution is -2.31. The molecule has 1 aromatic rings. The Kier molecular flexibility index (Phi) is 5.97. The molecule has 0 fully saturated rings. The molecular weight excluding hydrogens is 260 g/mol. The van der Waals surface area contributed by atoms with E-state index in [1.165, 1.54) is 4.31 Å². The molecule has 0 radical (unpaired) electrons. The molecule has 1 N–H and O–H groups in total. The molecule has 0 amide bonds. The van der Waals surface area contributed by atoms with E-state index < -0.39 is 10.0 Å². The number of nitrogens with zero attached hydrogens (tertiary/aromatic N) is 1. The Labute approximate surface area is 116 Å². The second-order valence-corrected chi connectivity index (χ2v) is 7.08. The van der Waals surface area contributed by atoms with Crippen LogP contribution in [0, 0.1) is 5.92 Å². The zero-order valence-electron chi connectivity index (χ0n) is 12.2. The first-order valence-corrected chi connectivity index (χ1v) is 8.08. The molecule has 0 aliphatic heterocycles. The van der Waals surface area contributed by atoms with Crippen molar-refractivity contribution in [1.82, 2.24) is 9.62 Å². The van der Waals surface area contributed by atoms with Gasteiger partial charge in [0.25, 0.3) is 0 Å². The molecule has 1 rings (SSSR count). The van der Waals surface area contributed by atoms with Gasteiger partial charge in [-0.05, 0) is 24.1 Å². The van der Waals surface area contributed by atoms with Gasteiger partial charge in [0.15, 0.2) is 0 Å². The number of nitrogens with one attached hydrogen (secondary N) is 1. The minimum absolute atomic E-state index is 0.306. The molecule has 1 aromatic carbocycles. The number of hydrogen-bond acceptors (Lipinski definition) is 3. The third-order valence-corrected chi connectivity index (χ3v) is 4.77. The van der Waals surface area contributed by atoms with Crippen LogP contribution in [0.25, 0.3) is 0 Å². The van der Waals surface area contributed by atoms with Crippen LogP contribution in [0.2, 0.25) is 0 Å². The lowest BCUT2D eigenvalue weighted by Gasteiger charge is -2.21. The van der Waals surface area contributed by atoms with Crippen molar-refractivity contribution in [1.29, 1.82) is 0 Å². The zero-order chi connectivity index (χ0) is 14.5. The van der Waals surface area contributed by atoms with Crippen molar-refractivity contribution in [3.8, 4) is 0 Å². The number of sulfonamides is 1. The normalized spacial score (nSPS) is 12.3. The highest BCUT2D eigenvalue weighted by atomic mass is 32.2. The van der Waals surface area contributed by atoms with Gasteiger partial charge in [-0.1, -0.05) is 39.0 Å². The van der Waals surface area contributed by atoms with Gasteiger partial charge in [-0.15, -0.1) is 0 Å². The van der Waals surface area contributed by atoms with Crippen LogP contribution >= 0.6 is 0 Å². The molecule has 0 bridgehead atoms. The van der Waals surface area contributed by atoms with Crippen LogP contribution in [0.1, 0.15) is 26.3 Å². The molecule has 0 aliphatic carbocycles. The van der Waals surface area contributed by atoms with Crippen molar-refractivity contribution < 1.29 is 8.42 Å². The van der Waals surface area contributed by atoms with E-state index in [2.05, 4.69) is 5.32 Å². The highest BCUT2D eigenvalue weighted by Gasteiger charge is 2.23. The molecule has 0 aliphatic rings. The molecule has 0 heterocycles. The Morgan fingerprint density at radius 2 is 1.89 bits per heavy atom. The summed E-state index contributed by atoms with van der Waals surface area (Å²) in [7, 11) is -1.76. The second-order valence-electron chi connectivity index (χ2n) is 5.07. The predicted octanol–water partition coefficient (Wildman–Crippen LogP) is 2.07. The standard InChI is InChI=1S/C14H24N2O2S/c1-5-15-10-13-8-6-7-9-14(13)19(17,18)16(4)11-12(2)3/h6-9,12,15H,5,10-11H2,1-4H3. The molecule has 0 spiro atoms. The van der Waals surface area contributed by atoms with Crippen molar-refractivity contribution in [3.05, 3.63) is 29.8 Å². The van der Waals surface area contributed by atoms with Gasteiger partial charge in [0.1, 0.15) is 0 Å². The van der Waals surface area contributed by atoms with E-state index >= 15 is 0 Å². The monoisotopic (exact) mass is 284 g/mol. The summed E-state index contributed by atoms with van der Waals surface area (Å²) in [5.74, 6) is 0.306. The van der Waals surface area contributed by atoms with Crippen molar-refractivity contribution >= 4 is 10.0 Å². The third kappa shape index (κ3) is 4.30. The summed E-state index contributed by atoms with van der Waals surface area (Å²) in [5, 5.41) is 3.17. The first-order valence-electron chi connectivity index (χ1n) is 6.64. The van der Waals surface area contributed by atoms with E-state index in [1.807, 2.05) is 32.9 Å². The maximum Gasteiger partial charge on any atom is 0.243 e. The van der Waals surface area contributed by atoms with Crippen molar-refractivity contribution in [3.63, 3.8) is 0 Å². The Hall–Kier alpha value is -0.910. The van der Waals surface area contributed by atoms with Gasteiger partial charge < -0.3 is 5.32 Å². The molecule has 4 nitrogen and oxygen atoms in total. The third-order valence-electron chi connectivity index (χ3n) is 2.85. The number of hydrogen-bond donors (Lipinski definition) is 1. The first kappa shape index (κ1) is 16.1. The van der Waals surface area contributed by atoms with E-state index in [9.17, 15) is 8.42 Å². The molecular formula is C14H24N2O2S. The highest BCUT2D eigenvalue weighted by molar-refractivity contribution is 7.89. The summed E-state index contributed by atoms with van der Waals surface area (Å²) in [5.41, 5.74) is 0.819. The predicted molar refractivity (Wildman–Crippen MR) is 78.5 cm³/mol. The minimum atomic E-state index is -3.40. The molecule has 108 valence electrons. The molecule has 0 atom stereocenters. The number of rotatable bonds is 7. The van der Waals surface area contributed by atoms with Crippen molar-refractivity contribution in [2.45, 2.75) is 32.2 Å². The van der Waals surface area contributed by atoms with E-state index in [-0.39, 0.29) is 0 Å². The van der Waals surface area contributed by atoms with Gasteiger partial charge in [-0.25, -0.2) is 12.7 Å². The number of benzene rings is 1. The van der Waals surface area contributed by atoms with Gasteiger partial charge in [0, 0.05) is 20.1 Å². The molecule has 0 saturated heterocycles. The lowest BCUT2D eigenvalue weighted by atomic mass is 10.2. The molecule has 0 aromatic heterocycles. The first-order chi connectivity index (χ1) is 8.89. The SMILES string of the molecule is CCNCc1ccccc1S(=O)(=O)N(C)CC(C)C. The molecule has 19 heavy (non-hydrogen) atoms. The minimum Gasteiger partial charge on any atom is -0.313 e. The van der Waals surface area contributed by atoms with E-state index in [0.717, 1.165) is 12.1 Å². The van der Waals surface area contributed by atoms with Crippen molar-refractivity contribution in [2.24, 2.45) is 5.92 Å². The Morgan fingerprint density at radius 3 is 2.47 bits per heavy atom. The van der Waals surface area contributed by atoms with Gasteiger partial charge >= 0.3 is 0 Å². The summed E-state index contributed by atoms with van der Waals surface area (Å²) in [6.07, 6.45) is 0. The smallest absolute Gasteiger partial charge is 0.243 e. The average molecular weight is 284 g/mol. The average Bonchev–Trinajstić information content (AvgIpc) is 2.35. The summed E-state index contributed by atoms with van der Waals surface area (Å²) in [4.78, 5) is 0.402. The summed E-state index contributed by atoms with van der Waals surface area (Å²) < 4.78 is 26.5. The molecule has 5 heteroatoms. The van der Waals surface area contributed by atoms with E-state index in [1.54, 1.807) is 19.2 Å². The summed E-state index contributed by atoms with van der Waals surface area (Å²) in [6, 6.07) is 7.18. The van der Waals surface area contributed by atoms with Crippen LogP contribution in [0.15, 0.2) is 29.2 Å². The lowest BCUT2D eigenvalue weighted by molar-refractivity contribution is 0.416. The van der Waals surface area contributed by atoms with Crippen LogP contribution in [-0.2, 0) is 16.6 Å². The maximum absolute atomic E-state index is 12.5. The largest absolute Gasteiger partial charge is 0.313 e. The maximum atomic E-state index is 12.5. The summed E-state index contributed by atoms with van der Waals surface area (Å²) in [6.45, 7) is 7.94. The van der Waals surface area contributed by atoms with Crippen LogP contribution < -0.4 is 5.32 Å². The van der Waals surface area contributed by atoms with Gasteiger partial charge in [-0.3, -0.25) is 0 Å².